The van der Waals surface area contributed by atoms with Crippen molar-refractivity contribution in [1.82, 2.24) is 10.3 Å². The number of ether oxygens (including phenoxy) is 1. The van der Waals surface area contributed by atoms with Crippen molar-refractivity contribution in [3.63, 3.8) is 0 Å². The molecule has 126 valence electrons. The normalized spacial score (nSPS) is 12.3. The van der Waals surface area contributed by atoms with Crippen molar-refractivity contribution in [1.29, 1.82) is 0 Å². The molecule has 0 fully saturated rings. The molecule has 2 aromatic heterocycles. The molecule has 1 N–H and O–H groups in total. The zero-order valence-corrected chi connectivity index (χ0v) is 15.8. The number of aryl methyl sites for hydroxylation is 2. The number of methoxy groups -OCH3 is 1. The Morgan fingerprint density at radius 3 is 2.71 bits per heavy atom. The van der Waals surface area contributed by atoms with Crippen LogP contribution in [-0.4, -0.2) is 12.1 Å². The van der Waals surface area contributed by atoms with Gasteiger partial charge in [0.15, 0.2) is 0 Å². The van der Waals surface area contributed by atoms with Gasteiger partial charge in [0.05, 0.1) is 13.2 Å². The van der Waals surface area contributed by atoms with Gasteiger partial charge in [-0.05, 0) is 48.1 Å². The predicted molar refractivity (Wildman–Crippen MR) is 102 cm³/mol. The first-order valence-corrected chi connectivity index (χ1v) is 9.72. The van der Waals surface area contributed by atoms with E-state index in [1.165, 1.54) is 21.6 Å². The molecule has 0 bridgehead atoms. The SMILES string of the molecule is COc1cc(C)c(CNC(Cc2cccs2)c2nccs2)cc1C. The molecule has 0 saturated heterocycles. The maximum Gasteiger partial charge on any atom is 0.122 e. The first-order chi connectivity index (χ1) is 11.7. The Kier molecular flexibility index (Phi) is 5.66. The summed E-state index contributed by atoms with van der Waals surface area (Å²) in [5.41, 5.74) is 3.73. The fourth-order valence-corrected chi connectivity index (χ4v) is 4.24. The topological polar surface area (TPSA) is 34.1 Å². The van der Waals surface area contributed by atoms with Gasteiger partial charge in [-0.2, -0.15) is 0 Å². The van der Waals surface area contributed by atoms with Gasteiger partial charge in [0.2, 0.25) is 0 Å². The van der Waals surface area contributed by atoms with Gasteiger partial charge >= 0.3 is 0 Å². The molecule has 0 aliphatic carbocycles. The summed E-state index contributed by atoms with van der Waals surface area (Å²) in [5, 5.41) is 9.01. The first-order valence-electron chi connectivity index (χ1n) is 7.96. The van der Waals surface area contributed by atoms with Gasteiger partial charge in [0, 0.05) is 29.4 Å². The Morgan fingerprint density at radius 2 is 2.04 bits per heavy atom. The highest BCUT2D eigenvalue weighted by Crippen LogP contribution is 2.26. The molecule has 24 heavy (non-hydrogen) atoms. The lowest BCUT2D eigenvalue weighted by molar-refractivity contribution is 0.411. The summed E-state index contributed by atoms with van der Waals surface area (Å²) in [6.45, 7) is 5.05. The minimum absolute atomic E-state index is 0.241. The van der Waals surface area contributed by atoms with Crippen molar-refractivity contribution in [2.45, 2.75) is 32.9 Å². The van der Waals surface area contributed by atoms with Gasteiger partial charge < -0.3 is 10.1 Å². The second-order valence-corrected chi connectivity index (χ2v) is 7.79. The Labute approximate surface area is 151 Å². The maximum atomic E-state index is 5.41. The summed E-state index contributed by atoms with van der Waals surface area (Å²) in [7, 11) is 1.72. The number of hydrogen-bond acceptors (Lipinski definition) is 5. The second kappa shape index (κ2) is 7.92. The summed E-state index contributed by atoms with van der Waals surface area (Å²) in [5.74, 6) is 0.950. The average Bonchev–Trinajstić information content (AvgIpc) is 3.27. The Balaban J connectivity index is 1.75. The van der Waals surface area contributed by atoms with Crippen LogP contribution in [0.5, 0.6) is 5.75 Å². The number of rotatable bonds is 7. The number of benzene rings is 1. The fourth-order valence-electron chi connectivity index (χ4n) is 2.78. The smallest absolute Gasteiger partial charge is 0.122 e. The lowest BCUT2D eigenvalue weighted by atomic mass is 10.0. The molecule has 0 aliphatic heterocycles. The van der Waals surface area contributed by atoms with Crippen molar-refractivity contribution in [3.8, 4) is 5.75 Å². The highest BCUT2D eigenvalue weighted by atomic mass is 32.1. The van der Waals surface area contributed by atoms with E-state index >= 15 is 0 Å². The Bertz CT molecular complexity index is 767. The molecular formula is C19H22N2OS2. The van der Waals surface area contributed by atoms with Gasteiger partial charge in [0.1, 0.15) is 10.8 Å². The number of aromatic nitrogens is 1. The van der Waals surface area contributed by atoms with E-state index in [1.54, 1.807) is 29.8 Å². The molecule has 5 heteroatoms. The minimum atomic E-state index is 0.241. The number of thiazole rings is 1. The van der Waals surface area contributed by atoms with E-state index in [9.17, 15) is 0 Å². The van der Waals surface area contributed by atoms with Crippen LogP contribution in [0.2, 0.25) is 0 Å². The van der Waals surface area contributed by atoms with E-state index in [0.29, 0.717) is 0 Å². The van der Waals surface area contributed by atoms with Gasteiger partial charge in [-0.3, -0.25) is 0 Å². The van der Waals surface area contributed by atoms with Crippen LogP contribution in [0.15, 0.2) is 41.2 Å². The predicted octanol–water partition coefficient (Wildman–Crippen LogP) is 4.90. The lowest BCUT2D eigenvalue weighted by Gasteiger charge is -2.18. The van der Waals surface area contributed by atoms with Gasteiger partial charge in [-0.25, -0.2) is 4.98 Å². The molecule has 2 heterocycles. The molecule has 0 radical (unpaired) electrons. The molecule has 3 nitrogen and oxygen atoms in total. The molecule has 3 aromatic rings. The molecule has 0 amide bonds. The average molecular weight is 359 g/mol. The number of hydrogen-bond donors (Lipinski definition) is 1. The zero-order chi connectivity index (χ0) is 16.9. The molecule has 0 saturated carbocycles. The summed E-state index contributed by atoms with van der Waals surface area (Å²) in [6, 6.07) is 8.87. The monoisotopic (exact) mass is 358 g/mol. The molecule has 1 aromatic carbocycles. The van der Waals surface area contributed by atoms with E-state index in [2.05, 4.69) is 53.8 Å². The summed E-state index contributed by atoms with van der Waals surface area (Å²) >= 11 is 3.51. The highest BCUT2D eigenvalue weighted by molar-refractivity contribution is 7.10. The molecule has 3 rings (SSSR count). The van der Waals surface area contributed by atoms with E-state index in [0.717, 1.165) is 23.7 Å². The number of nitrogens with one attached hydrogen (secondary N) is 1. The summed E-state index contributed by atoms with van der Waals surface area (Å²) < 4.78 is 5.41. The van der Waals surface area contributed by atoms with Crippen LogP contribution in [0, 0.1) is 13.8 Å². The van der Waals surface area contributed by atoms with E-state index in [1.807, 2.05) is 11.6 Å². The molecule has 0 aliphatic rings. The van der Waals surface area contributed by atoms with Crippen LogP contribution in [0.1, 0.15) is 32.6 Å². The van der Waals surface area contributed by atoms with Crippen molar-refractivity contribution >= 4 is 22.7 Å². The third-order valence-electron chi connectivity index (χ3n) is 4.13. The first kappa shape index (κ1) is 17.1. The third-order valence-corrected chi connectivity index (χ3v) is 5.92. The van der Waals surface area contributed by atoms with Gasteiger partial charge in [0.25, 0.3) is 0 Å². The lowest BCUT2D eigenvalue weighted by Crippen LogP contribution is -2.23. The van der Waals surface area contributed by atoms with Crippen LogP contribution in [0.3, 0.4) is 0 Å². The highest BCUT2D eigenvalue weighted by Gasteiger charge is 2.16. The van der Waals surface area contributed by atoms with Gasteiger partial charge in [-0.1, -0.05) is 12.1 Å². The quantitative estimate of drug-likeness (QED) is 0.652. The summed E-state index contributed by atoms with van der Waals surface area (Å²) in [6.07, 6.45) is 2.85. The van der Waals surface area contributed by atoms with E-state index in [-0.39, 0.29) is 6.04 Å². The standard InChI is InChI=1S/C19H22N2OS2/c1-13-10-18(22-3)14(2)9-15(13)12-21-17(19-20-6-8-24-19)11-16-5-4-7-23-16/h4-10,17,21H,11-12H2,1-3H3. The van der Waals surface area contributed by atoms with Crippen LogP contribution < -0.4 is 10.1 Å². The van der Waals surface area contributed by atoms with Crippen LogP contribution in [0.4, 0.5) is 0 Å². The molecule has 0 spiro atoms. The van der Waals surface area contributed by atoms with E-state index < -0.39 is 0 Å². The van der Waals surface area contributed by atoms with Crippen molar-refractivity contribution in [2.75, 3.05) is 7.11 Å². The largest absolute Gasteiger partial charge is 0.496 e. The number of nitrogens with zero attached hydrogens (tertiary/aromatic N) is 1. The van der Waals surface area contributed by atoms with Crippen molar-refractivity contribution < 1.29 is 4.74 Å². The van der Waals surface area contributed by atoms with Crippen molar-refractivity contribution in [2.24, 2.45) is 0 Å². The molecular weight excluding hydrogens is 336 g/mol. The van der Waals surface area contributed by atoms with Crippen LogP contribution in [0.25, 0.3) is 0 Å². The molecule has 1 unspecified atom stereocenters. The maximum absolute atomic E-state index is 5.41. The van der Waals surface area contributed by atoms with E-state index in [4.69, 9.17) is 4.74 Å². The number of thiophene rings is 1. The fraction of sp³-hybridized carbons (Fsp3) is 0.316. The molecule has 1 atom stereocenters. The van der Waals surface area contributed by atoms with Crippen LogP contribution in [-0.2, 0) is 13.0 Å². The Morgan fingerprint density at radius 1 is 1.17 bits per heavy atom. The Hall–Kier alpha value is -1.69. The van der Waals surface area contributed by atoms with Gasteiger partial charge in [-0.15, -0.1) is 22.7 Å². The third kappa shape index (κ3) is 4.04. The summed E-state index contributed by atoms with van der Waals surface area (Å²) in [4.78, 5) is 5.90. The minimum Gasteiger partial charge on any atom is -0.496 e. The zero-order valence-electron chi connectivity index (χ0n) is 14.2. The van der Waals surface area contributed by atoms with Crippen LogP contribution >= 0.6 is 22.7 Å². The second-order valence-electron chi connectivity index (χ2n) is 5.84. The van der Waals surface area contributed by atoms with Crippen molar-refractivity contribution in [3.05, 3.63) is 67.8 Å².